The second kappa shape index (κ2) is 8.59. The van der Waals surface area contributed by atoms with Crippen LogP contribution in [0.2, 0.25) is 0 Å². The minimum Gasteiger partial charge on any atom is -0.481 e. The van der Waals surface area contributed by atoms with Crippen LogP contribution in [0.4, 0.5) is 0 Å². The van der Waals surface area contributed by atoms with Gasteiger partial charge in [-0.15, -0.1) is 0 Å². The molecule has 1 aliphatic rings. The largest absolute Gasteiger partial charge is 0.481 e. The first-order valence-electron chi connectivity index (χ1n) is 7.48. The van der Waals surface area contributed by atoms with E-state index in [0.717, 1.165) is 5.69 Å². The topological polar surface area (TPSA) is 111 Å². The minimum absolute atomic E-state index is 0.599. The number of likely N-dealkylation sites (tertiary alicyclic amines) is 1. The fourth-order valence-corrected chi connectivity index (χ4v) is 2.43. The van der Waals surface area contributed by atoms with Crippen molar-refractivity contribution in [1.29, 1.82) is 0 Å². The molecule has 23 heavy (non-hydrogen) atoms. The monoisotopic (exact) mass is 324 g/mol. The Balaban J connectivity index is 0.000000257. The van der Waals surface area contributed by atoms with Crippen molar-refractivity contribution in [3.8, 4) is 0 Å². The average molecular weight is 324 g/mol. The smallest absolute Gasteiger partial charge is 0.333 e. The van der Waals surface area contributed by atoms with Gasteiger partial charge in [0, 0.05) is 17.9 Å². The number of hydrogen-bond acceptors (Lipinski definition) is 5. The van der Waals surface area contributed by atoms with E-state index >= 15 is 0 Å². The Labute approximate surface area is 135 Å². The lowest BCUT2D eigenvalue weighted by molar-refractivity contribution is -0.152. The third-order valence-corrected chi connectivity index (χ3v) is 3.92. The molecule has 0 amide bonds. The van der Waals surface area contributed by atoms with Crippen molar-refractivity contribution in [3.05, 3.63) is 29.1 Å². The number of aliphatic carboxylic acids is 2. The van der Waals surface area contributed by atoms with Crippen molar-refractivity contribution in [3.63, 3.8) is 0 Å². The number of aliphatic hydroxyl groups is 1. The first-order chi connectivity index (χ1) is 10.7. The number of carbonyl (C=O) groups is 2. The summed E-state index contributed by atoms with van der Waals surface area (Å²) in [6, 6.07) is 2.89. The van der Waals surface area contributed by atoms with Crippen molar-refractivity contribution in [2.45, 2.75) is 45.3 Å². The summed E-state index contributed by atoms with van der Waals surface area (Å²) < 4.78 is 0. The standard InChI is InChI=1S/C12H18N2.C4H6O5/c1-9-7-11(8-13-10(9)2)12-5-4-6-14(12)3;5-2(4(8)9)1-3(6)7/h7-8,12H,4-6H2,1-3H3;2,5H,1H2,(H,6,7)(H,8,9)/t12-;2-/m00/s1. The van der Waals surface area contributed by atoms with Crippen molar-refractivity contribution >= 4 is 11.9 Å². The summed E-state index contributed by atoms with van der Waals surface area (Å²) in [6.07, 6.45) is 2.08. The van der Waals surface area contributed by atoms with Crippen molar-refractivity contribution in [2.24, 2.45) is 0 Å². The zero-order chi connectivity index (χ0) is 17.6. The van der Waals surface area contributed by atoms with Crippen LogP contribution in [0.15, 0.2) is 12.3 Å². The normalized spacial score (nSPS) is 18.9. The second-order valence-electron chi connectivity index (χ2n) is 5.76. The number of rotatable bonds is 4. The van der Waals surface area contributed by atoms with E-state index in [9.17, 15) is 9.59 Å². The summed E-state index contributed by atoms with van der Waals surface area (Å²) in [4.78, 5) is 26.3. The van der Waals surface area contributed by atoms with Gasteiger partial charge in [-0.1, -0.05) is 6.07 Å². The summed E-state index contributed by atoms with van der Waals surface area (Å²) in [5, 5.41) is 24.1. The molecular weight excluding hydrogens is 300 g/mol. The molecule has 3 N–H and O–H groups in total. The molecule has 2 atom stereocenters. The van der Waals surface area contributed by atoms with E-state index in [0.29, 0.717) is 6.04 Å². The summed E-state index contributed by atoms with van der Waals surface area (Å²) in [5.41, 5.74) is 3.84. The fourth-order valence-electron chi connectivity index (χ4n) is 2.43. The lowest BCUT2D eigenvalue weighted by Crippen LogP contribution is -2.22. The van der Waals surface area contributed by atoms with Gasteiger partial charge in [0.15, 0.2) is 6.10 Å². The Morgan fingerprint density at radius 2 is 2.04 bits per heavy atom. The number of pyridine rings is 1. The Hall–Kier alpha value is -1.99. The van der Waals surface area contributed by atoms with Crippen molar-refractivity contribution in [2.75, 3.05) is 13.6 Å². The predicted molar refractivity (Wildman–Crippen MR) is 84.2 cm³/mol. The molecule has 0 bridgehead atoms. The van der Waals surface area contributed by atoms with Gasteiger partial charge in [-0.2, -0.15) is 0 Å². The molecule has 1 aromatic heterocycles. The van der Waals surface area contributed by atoms with E-state index in [1.807, 2.05) is 6.20 Å². The second-order valence-corrected chi connectivity index (χ2v) is 5.76. The highest BCUT2D eigenvalue weighted by Gasteiger charge is 2.22. The molecule has 7 heteroatoms. The number of carboxylic acids is 2. The Morgan fingerprint density at radius 3 is 2.43 bits per heavy atom. The van der Waals surface area contributed by atoms with E-state index in [-0.39, 0.29) is 0 Å². The maximum Gasteiger partial charge on any atom is 0.333 e. The summed E-state index contributed by atoms with van der Waals surface area (Å²) in [5.74, 6) is -2.85. The van der Waals surface area contributed by atoms with E-state index in [4.69, 9.17) is 15.3 Å². The number of nitrogens with zero attached hydrogens (tertiary/aromatic N) is 2. The molecule has 0 unspecified atom stereocenters. The van der Waals surface area contributed by atoms with Crippen LogP contribution in [0.1, 0.15) is 42.1 Å². The first kappa shape index (κ1) is 19.1. The first-order valence-corrected chi connectivity index (χ1v) is 7.48. The lowest BCUT2D eigenvalue weighted by Gasteiger charge is -2.20. The van der Waals surface area contributed by atoms with Crippen molar-refractivity contribution < 1.29 is 24.9 Å². The molecule has 1 aliphatic heterocycles. The maximum absolute atomic E-state index is 9.72. The van der Waals surface area contributed by atoms with Crippen LogP contribution in [-0.2, 0) is 9.59 Å². The van der Waals surface area contributed by atoms with Crippen LogP contribution in [0.3, 0.4) is 0 Å². The Bertz CT molecular complexity index is 561. The van der Waals surface area contributed by atoms with Gasteiger partial charge in [0.2, 0.25) is 0 Å². The maximum atomic E-state index is 9.72. The highest BCUT2D eigenvalue weighted by molar-refractivity contribution is 5.79. The number of hydrogen-bond donors (Lipinski definition) is 3. The summed E-state index contributed by atoms with van der Waals surface area (Å²) in [6.45, 7) is 5.43. The molecule has 7 nitrogen and oxygen atoms in total. The van der Waals surface area contributed by atoms with Gasteiger partial charge in [-0.25, -0.2) is 4.79 Å². The number of carboxylic acid groups (broad SMARTS) is 2. The molecule has 1 aromatic rings. The summed E-state index contributed by atoms with van der Waals surface area (Å²) >= 11 is 0. The highest BCUT2D eigenvalue weighted by atomic mass is 16.4. The van der Waals surface area contributed by atoms with Crippen LogP contribution < -0.4 is 0 Å². The molecule has 2 rings (SSSR count). The van der Waals surface area contributed by atoms with Gasteiger partial charge in [-0.05, 0) is 51.4 Å². The molecule has 0 aliphatic carbocycles. The molecule has 0 radical (unpaired) electrons. The Kier molecular flexibility index (Phi) is 7.12. The zero-order valence-corrected chi connectivity index (χ0v) is 13.7. The van der Waals surface area contributed by atoms with Crippen LogP contribution in [0.25, 0.3) is 0 Å². The van der Waals surface area contributed by atoms with E-state index in [1.165, 1.54) is 30.5 Å². The zero-order valence-electron chi connectivity index (χ0n) is 13.7. The molecule has 0 saturated carbocycles. The quantitative estimate of drug-likeness (QED) is 0.767. The van der Waals surface area contributed by atoms with Crippen LogP contribution in [-0.4, -0.2) is 56.8 Å². The molecule has 2 heterocycles. The molecule has 1 saturated heterocycles. The number of aryl methyl sites for hydroxylation is 2. The van der Waals surface area contributed by atoms with Gasteiger partial charge < -0.3 is 15.3 Å². The van der Waals surface area contributed by atoms with E-state index in [2.05, 4.69) is 36.8 Å². The fraction of sp³-hybridized carbons (Fsp3) is 0.562. The van der Waals surface area contributed by atoms with Gasteiger partial charge in [0.25, 0.3) is 0 Å². The number of aromatic nitrogens is 1. The Morgan fingerprint density at radius 1 is 1.39 bits per heavy atom. The molecular formula is C16H24N2O5. The van der Waals surface area contributed by atoms with Crippen LogP contribution >= 0.6 is 0 Å². The number of aliphatic hydroxyl groups excluding tert-OH is 1. The van der Waals surface area contributed by atoms with E-state index in [1.54, 1.807) is 0 Å². The van der Waals surface area contributed by atoms with Gasteiger partial charge in [-0.3, -0.25) is 14.7 Å². The molecule has 128 valence electrons. The predicted octanol–water partition coefficient (Wildman–Crippen LogP) is 1.37. The average Bonchev–Trinajstić information content (AvgIpc) is 2.88. The highest BCUT2D eigenvalue weighted by Crippen LogP contribution is 2.30. The SMILES string of the molecule is Cc1cc([C@@H]2CCCN2C)cnc1C.O=C(O)C[C@H](O)C(=O)O. The van der Waals surface area contributed by atoms with Crippen LogP contribution in [0, 0.1) is 13.8 Å². The third-order valence-electron chi connectivity index (χ3n) is 3.92. The van der Waals surface area contributed by atoms with Gasteiger partial charge in [0.1, 0.15) is 0 Å². The lowest BCUT2D eigenvalue weighted by atomic mass is 10.0. The third kappa shape index (κ3) is 5.96. The minimum atomic E-state index is -1.79. The summed E-state index contributed by atoms with van der Waals surface area (Å²) in [7, 11) is 2.20. The molecule has 1 fully saturated rings. The van der Waals surface area contributed by atoms with Crippen LogP contribution in [0.5, 0.6) is 0 Å². The van der Waals surface area contributed by atoms with Gasteiger partial charge >= 0.3 is 11.9 Å². The van der Waals surface area contributed by atoms with Crippen molar-refractivity contribution in [1.82, 2.24) is 9.88 Å². The molecule has 0 spiro atoms. The molecule has 0 aromatic carbocycles. The van der Waals surface area contributed by atoms with E-state index < -0.39 is 24.5 Å². The van der Waals surface area contributed by atoms with Gasteiger partial charge in [0.05, 0.1) is 6.42 Å².